The van der Waals surface area contributed by atoms with Crippen LogP contribution < -0.4 is 0 Å². The molecule has 1 aliphatic rings. The molecule has 1 aliphatic heterocycles. The third-order valence-corrected chi connectivity index (χ3v) is 2.49. The van der Waals surface area contributed by atoms with Crippen molar-refractivity contribution in [1.29, 1.82) is 0 Å². The Bertz CT molecular complexity index is 306. The van der Waals surface area contributed by atoms with Gasteiger partial charge in [0, 0.05) is 12.0 Å². The fraction of sp³-hybridized carbons (Fsp3) is 1.00. The SMILES string of the molecule is COCO[C@@H]([C@@H](O)CN=[N+]=[N-])[C@H]1COC(C)(C)O1. The second kappa shape index (κ2) is 6.89. The minimum atomic E-state index is -0.974. The number of aliphatic hydroxyl groups excluding tert-OH is 1. The number of methoxy groups -OCH3 is 1. The van der Waals surface area contributed by atoms with Crippen LogP contribution in [0, 0.1) is 0 Å². The highest BCUT2D eigenvalue weighted by molar-refractivity contribution is 4.84. The van der Waals surface area contributed by atoms with Crippen molar-refractivity contribution in [3.63, 3.8) is 0 Å². The lowest BCUT2D eigenvalue weighted by Gasteiger charge is -2.27. The topological polar surface area (TPSA) is 106 Å². The molecule has 3 atom stereocenters. The first kappa shape index (κ1) is 15.2. The second-order valence-corrected chi connectivity index (χ2v) is 4.39. The van der Waals surface area contributed by atoms with Gasteiger partial charge in [0.25, 0.3) is 0 Å². The summed E-state index contributed by atoms with van der Waals surface area (Å²) in [4.78, 5) is 2.60. The van der Waals surface area contributed by atoms with E-state index < -0.39 is 24.1 Å². The molecular weight excluding hydrogens is 242 g/mol. The van der Waals surface area contributed by atoms with Gasteiger partial charge in [0.1, 0.15) is 19.0 Å². The van der Waals surface area contributed by atoms with Gasteiger partial charge in [-0.2, -0.15) is 0 Å². The molecule has 8 nitrogen and oxygen atoms in total. The van der Waals surface area contributed by atoms with Crippen molar-refractivity contribution in [2.75, 3.05) is 27.1 Å². The molecule has 1 fully saturated rings. The first-order valence-electron chi connectivity index (χ1n) is 5.61. The summed E-state index contributed by atoms with van der Waals surface area (Å²) in [5.41, 5.74) is 8.25. The summed E-state index contributed by atoms with van der Waals surface area (Å²) in [5, 5.41) is 13.2. The van der Waals surface area contributed by atoms with E-state index in [1.165, 1.54) is 7.11 Å². The fourth-order valence-electron chi connectivity index (χ4n) is 1.71. The molecule has 0 radical (unpaired) electrons. The minimum Gasteiger partial charge on any atom is -0.390 e. The normalized spacial score (nSPS) is 25.4. The number of hydrogen-bond acceptors (Lipinski definition) is 6. The zero-order valence-electron chi connectivity index (χ0n) is 10.8. The van der Waals surface area contributed by atoms with Crippen LogP contribution in [-0.2, 0) is 18.9 Å². The number of nitrogens with zero attached hydrogens (tertiary/aromatic N) is 3. The summed E-state index contributed by atoms with van der Waals surface area (Å²) in [6.07, 6.45) is -2.07. The number of azide groups is 1. The van der Waals surface area contributed by atoms with Gasteiger partial charge in [0.05, 0.1) is 19.3 Å². The van der Waals surface area contributed by atoms with Crippen LogP contribution in [0.4, 0.5) is 0 Å². The van der Waals surface area contributed by atoms with Crippen LogP contribution in [0.3, 0.4) is 0 Å². The maximum absolute atomic E-state index is 9.92. The van der Waals surface area contributed by atoms with Crippen molar-refractivity contribution in [2.45, 2.75) is 37.9 Å². The zero-order chi connectivity index (χ0) is 13.6. The van der Waals surface area contributed by atoms with E-state index in [1.54, 1.807) is 13.8 Å². The molecule has 0 unspecified atom stereocenters. The minimum absolute atomic E-state index is 0.0122. The number of aliphatic hydroxyl groups is 1. The van der Waals surface area contributed by atoms with Gasteiger partial charge in [0.2, 0.25) is 0 Å². The molecule has 8 heteroatoms. The average molecular weight is 261 g/mol. The Morgan fingerprint density at radius 2 is 2.33 bits per heavy atom. The van der Waals surface area contributed by atoms with Crippen LogP contribution in [0.25, 0.3) is 10.4 Å². The Labute approximate surface area is 105 Å². The summed E-state index contributed by atoms with van der Waals surface area (Å²) < 4.78 is 21.2. The molecule has 104 valence electrons. The van der Waals surface area contributed by atoms with Crippen molar-refractivity contribution in [1.82, 2.24) is 0 Å². The monoisotopic (exact) mass is 261 g/mol. The molecule has 1 saturated heterocycles. The van der Waals surface area contributed by atoms with E-state index in [0.717, 1.165) is 0 Å². The predicted molar refractivity (Wildman–Crippen MR) is 61.7 cm³/mol. The van der Waals surface area contributed by atoms with Crippen LogP contribution >= 0.6 is 0 Å². The molecule has 0 aromatic rings. The van der Waals surface area contributed by atoms with E-state index in [1.807, 2.05) is 0 Å². The standard InChI is InChI=1S/C10H19N3O5/c1-10(2)17-5-8(18-10)9(16-6-15-3)7(14)4-12-13-11/h7-9,14H,4-6H2,1-3H3/t7-,8+,9-/m0/s1. The Hall–Kier alpha value is -0.890. The van der Waals surface area contributed by atoms with Gasteiger partial charge in [-0.05, 0) is 19.4 Å². The zero-order valence-corrected chi connectivity index (χ0v) is 10.8. The molecule has 0 spiro atoms. The van der Waals surface area contributed by atoms with Gasteiger partial charge < -0.3 is 24.1 Å². The van der Waals surface area contributed by atoms with E-state index in [-0.39, 0.29) is 13.3 Å². The highest BCUT2D eigenvalue weighted by atomic mass is 16.8. The van der Waals surface area contributed by atoms with Crippen molar-refractivity contribution in [2.24, 2.45) is 5.11 Å². The molecular formula is C10H19N3O5. The van der Waals surface area contributed by atoms with Gasteiger partial charge in [-0.25, -0.2) is 0 Å². The van der Waals surface area contributed by atoms with Crippen LogP contribution in [0.15, 0.2) is 5.11 Å². The van der Waals surface area contributed by atoms with E-state index in [0.29, 0.717) is 6.61 Å². The van der Waals surface area contributed by atoms with Crippen molar-refractivity contribution >= 4 is 0 Å². The predicted octanol–water partition coefficient (Wildman–Crippen LogP) is 0.798. The van der Waals surface area contributed by atoms with Gasteiger partial charge in [-0.1, -0.05) is 5.11 Å². The second-order valence-electron chi connectivity index (χ2n) is 4.39. The maximum Gasteiger partial charge on any atom is 0.163 e. The van der Waals surface area contributed by atoms with Gasteiger partial charge >= 0.3 is 0 Å². The molecule has 1 rings (SSSR count). The van der Waals surface area contributed by atoms with Gasteiger partial charge in [-0.3, -0.25) is 0 Å². The molecule has 18 heavy (non-hydrogen) atoms. The van der Waals surface area contributed by atoms with Crippen molar-refractivity contribution < 1.29 is 24.1 Å². The first-order valence-corrected chi connectivity index (χ1v) is 5.61. The van der Waals surface area contributed by atoms with Crippen LogP contribution in [0.1, 0.15) is 13.8 Å². The van der Waals surface area contributed by atoms with E-state index in [9.17, 15) is 5.11 Å². The molecule has 0 saturated carbocycles. The van der Waals surface area contributed by atoms with Gasteiger partial charge in [-0.15, -0.1) is 0 Å². The summed E-state index contributed by atoms with van der Waals surface area (Å²) >= 11 is 0. The van der Waals surface area contributed by atoms with Crippen LogP contribution in [0.2, 0.25) is 0 Å². The Morgan fingerprint density at radius 3 is 2.83 bits per heavy atom. The smallest absolute Gasteiger partial charge is 0.163 e. The quantitative estimate of drug-likeness (QED) is 0.316. The summed E-state index contributed by atoms with van der Waals surface area (Å²) in [6, 6.07) is 0. The highest BCUT2D eigenvalue weighted by Crippen LogP contribution is 2.26. The summed E-state index contributed by atoms with van der Waals surface area (Å²) in [5.74, 6) is -0.711. The largest absolute Gasteiger partial charge is 0.390 e. The van der Waals surface area contributed by atoms with Crippen LogP contribution in [-0.4, -0.2) is 56.3 Å². The first-order chi connectivity index (χ1) is 8.50. The molecule has 0 aliphatic carbocycles. The number of ether oxygens (including phenoxy) is 4. The van der Waals surface area contributed by atoms with Crippen molar-refractivity contribution in [3.05, 3.63) is 10.4 Å². The molecule has 1 N–H and O–H groups in total. The highest BCUT2D eigenvalue weighted by Gasteiger charge is 2.40. The van der Waals surface area contributed by atoms with Crippen LogP contribution in [0.5, 0.6) is 0 Å². The summed E-state index contributed by atoms with van der Waals surface area (Å²) in [6.45, 7) is 3.78. The van der Waals surface area contributed by atoms with Crippen molar-refractivity contribution in [3.8, 4) is 0 Å². The Balaban J connectivity index is 2.62. The van der Waals surface area contributed by atoms with Gasteiger partial charge in [0.15, 0.2) is 5.79 Å². The lowest BCUT2D eigenvalue weighted by Crippen LogP contribution is -2.43. The lowest BCUT2D eigenvalue weighted by molar-refractivity contribution is -0.186. The number of rotatable bonds is 7. The van der Waals surface area contributed by atoms with E-state index in [4.69, 9.17) is 24.5 Å². The fourth-order valence-corrected chi connectivity index (χ4v) is 1.71. The average Bonchev–Trinajstić information content (AvgIpc) is 2.67. The third kappa shape index (κ3) is 4.41. The lowest BCUT2D eigenvalue weighted by atomic mass is 10.1. The third-order valence-electron chi connectivity index (χ3n) is 2.49. The Kier molecular flexibility index (Phi) is 5.80. The van der Waals surface area contributed by atoms with E-state index >= 15 is 0 Å². The summed E-state index contributed by atoms with van der Waals surface area (Å²) in [7, 11) is 1.48. The van der Waals surface area contributed by atoms with E-state index in [2.05, 4.69) is 10.0 Å². The molecule has 0 bridgehead atoms. The number of hydrogen-bond donors (Lipinski definition) is 1. The maximum atomic E-state index is 9.92. The molecule has 0 aromatic heterocycles. The molecule has 1 heterocycles. The Morgan fingerprint density at radius 1 is 1.61 bits per heavy atom. The molecule has 0 aromatic carbocycles. The molecule has 0 amide bonds.